The predicted molar refractivity (Wildman–Crippen MR) is 85.9 cm³/mol. The third-order valence-corrected chi connectivity index (χ3v) is 3.65. The predicted octanol–water partition coefficient (Wildman–Crippen LogP) is 4.21. The molecule has 0 aliphatic rings. The van der Waals surface area contributed by atoms with Crippen LogP contribution in [-0.4, -0.2) is 16.7 Å². The second-order valence-corrected chi connectivity index (χ2v) is 6.07. The van der Waals surface area contributed by atoms with Gasteiger partial charge in [0, 0.05) is 6.04 Å². The lowest BCUT2D eigenvalue weighted by Gasteiger charge is -2.21. The highest BCUT2D eigenvalue weighted by Gasteiger charge is 2.16. The smallest absolute Gasteiger partial charge is 0.0676 e. The van der Waals surface area contributed by atoms with E-state index < -0.39 is 0 Å². The monoisotopic (exact) mass is 277 g/mol. The Kier molecular flexibility index (Phi) is 7.75. The van der Waals surface area contributed by atoms with Crippen LogP contribution < -0.4 is 5.32 Å². The molecule has 0 saturated carbocycles. The molecule has 0 fully saturated rings. The number of nitrogens with one attached hydrogen (secondary N) is 1. The van der Waals surface area contributed by atoms with Crippen molar-refractivity contribution in [1.29, 1.82) is 0 Å². The summed E-state index contributed by atoms with van der Waals surface area (Å²) in [4.78, 5) is 0. The first-order chi connectivity index (χ1) is 9.58. The molecule has 20 heavy (non-hydrogen) atoms. The van der Waals surface area contributed by atoms with Gasteiger partial charge in [0.15, 0.2) is 0 Å². The second-order valence-electron chi connectivity index (χ2n) is 6.07. The standard InChI is InChI=1S/C17H31N3/c1-6-11-18-17(10-8-9-13(3)4)15-12-14(5)19-20-16(15)7-2/h12-13,17-18H,6-11H2,1-5H3. The highest BCUT2D eigenvalue weighted by atomic mass is 15.1. The molecule has 114 valence electrons. The summed E-state index contributed by atoms with van der Waals surface area (Å²) in [7, 11) is 0. The van der Waals surface area contributed by atoms with Gasteiger partial charge in [0.25, 0.3) is 0 Å². The van der Waals surface area contributed by atoms with Gasteiger partial charge in [-0.3, -0.25) is 0 Å². The van der Waals surface area contributed by atoms with E-state index in [2.05, 4.69) is 49.3 Å². The quantitative estimate of drug-likeness (QED) is 0.734. The molecule has 0 amide bonds. The lowest BCUT2D eigenvalue weighted by Crippen LogP contribution is -2.24. The van der Waals surface area contributed by atoms with Gasteiger partial charge in [-0.15, -0.1) is 0 Å². The summed E-state index contributed by atoms with van der Waals surface area (Å²) >= 11 is 0. The van der Waals surface area contributed by atoms with E-state index in [1.165, 1.54) is 31.2 Å². The molecule has 1 unspecified atom stereocenters. The third kappa shape index (κ3) is 5.58. The molecule has 0 spiro atoms. The van der Waals surface area contributed by atoms with Gasteiger partial charge in [-0.25, -0.2) is 0 Å². The zero-order valence-corrected chi connectivity index (χ0v) is 13.9. The Bertz CT molecular complexity index is 388. The summed E-state index contributed by atoms with van der Waals surface area (Å²) in [5.74, 6) is 0.782. The Morgan fingerprint density at radius 2 is 1.90 bits per heavy atom. The minimum atomic E-state index is 0.429. The maximum absolute atomic E-state index is 4.38. The van der Waals surface area contributed by atoms with Gasteiger partial charge in [0.05, 0.1) is 11.4 Å². The Hall–Kier alpha value is -0.960. The number of hydrogen-bond donors (Lipinski definition) is 1. The summed E-state index contributed by atoms with van der Waals surface area (Å²) in [6, 6.07) is 2.65. The topological polar surface area (TPSA) is 37.8 Å². The van der Waals surface area contributed by atoms with Crippen molar-refractivity contribution in [3.05, 3.63) is 23.0 Å². The summed E-state index contributed by atoms with van der Waals surface area (Å²) < 4.78 is 0. The summed E-state index contributed by atoms with van der Waals surface area (Å²) in [5, 5.41) is 12.3. The number of hydrogen-bond acceptors (Lipinski definition) is 3. The summed E-state index contributed by atoms with van der Waals surface area (Å²) in [6.45, 7) is 12.1. The van der Waals surface area contributed by atoms with E-state index in [9.17, 15) is 0 Å². The zero-order chi connectivity index (χ0) is 15.0. The van der Waals surface area contributed by atoms with Crippen LogP contribution in [0, 0.1) is 12.8 Å². The molecule has 0 bridgehead atoms. The Balaban J connectivity index is 2.82. The largest absolute Gasteiger partial charge is 0.310 e. The van der Waals surface area contributed by atoms with Crippen LogP contribution in [0.15, 0.2) is 6.07 Å². The molecule has 0 radical (unpaired) electrons. The fourth-order valence-corrected chi connectivity index (χ4v) is 2.53. The molecule has 1 rings (SSSR count). The van der Waals surface area contributed by atoms with Crippen molar-refractivity contribution >= 4 is 0 Å². The van der Waals surface area contributed by atoms with Crippen molar-refractivity contribution in [2.45, 2.75) is 72.8 Å². The Labute approximate surface area is 124 Å². The zero-order valence-electron chi connectivity index (χ0n) is 13.9. The minimum Gasteiger partial charge on any atom is -0.310 e. The van der Waals surface area contributed by atoms with Crippen molar-refractivity contribution in [2.75, 3.05) is 6.54 Å². The summed E-state index contributed by atoms with van der Waals surface area (Å²) in [6.07, 6.45) is 5.87. The first kappa shape index (κ1) is 17.1. The van der Waals surface area contributed by atoms with Crippen molar-refractivity contribution in [3.8, 4) is 0 Å². The highest BCUT2D eigenvalue weighted by Crippen LogP contribution is 2.24. The van der Waals surface area contributed by atoms with E-state index in [1.54, 1.807) is 0 Å². The van der Waals surface area contributed by atoms with Crippen LogP contribution in [-0.2, 0) is 6.42 Å². The van der Waals surface area contributed by atoms with E-state index in [1.807, 2.05) is 6.92 Å². The SMILES string of the molecule is CCCNC(CCCC(C)C)c1cc(C)nnc1CC. The number of aryl methyl sites for hydroxylation is 2. The maximum Gasteiger partial charge on any atom is 0.0676 e. The van der Waals surface area contributed by atoms with Gasteiger partial charge in [-0.2, -0.15) is 10.2 Å². The maximum atomic E-state index is 4.38. The molecule has 0 saturated heterocycles. The highest BCUT2D eigenvalue weighted by molar-refractivity contribution is 5.24. The van der Waals surface area contributed by atoms with Crippen molar-refractivity contribution in [1.82, 2.24) is 15.5 Å². The average molecular weight is 277 g/mol. The van der Waals surface area contributed by atoms with Crippen LogP contribution in [0.2, 0.25) is 0 Å². The van der Waals surface area contributed by atoms with Gasteiger partial charge in [0.2, 0.25) is 0 Å². The normalized spacial score (nSPS) is 12.9. The van der Waals surface area contributed by atoms with E-state index in [-0.39, 0.29) is 0 Å². The minimum absolute atomic E-state index is 0.429. The molecule has 1 atom stereocenters. The van der Waals surface area contributed by atoms with E-state index in [4.69, 9.17) is 0 Å². The number of aromatic nitrogens is 2. The van der Waals surface area contributed by atoms with Crippen LogP contribution in [0.25, 0.3) is 0 Å². The molecular formula is C17H31N3. The van der Waals surface area contributed by atoms with Crippen LogP contribution in [0.4, 0.5) is 0 Å². The second kappa shape index (κ2) is 9.06. The molecule has 1 aromatic rings. The van der Waals surface area contributed by atoms with Crippen LogP contribution in [0.1, 0.15) is 76.4 Å². The van der Waals surface area contributed by atoms with Gasteiger partial charge in [-0.05, 0) is 50.3 Å². The van der Waals surface area contributed by atoms with Crippen LogP contribution in [0.5, 0.6) is 0 Å². The third-order valence-electron chi connectivity index (χ3n) is 3.65. The van der Waals surface area contributed by atoms with E-state index >= 15 is 0 Å². The Morgan fingerprint density at radius 1 is 1.15 bits per heavy atom. The van der Waals surface area contributed by atoms with Gasteiger partial charge >= 0.3 is 0 Å². The first-order valence-electron chi connectivity index (χ1n) is 8.14. The fourth-order valence-electron chi connectivity index (χ4n) is 2.53. The first-order valence-corrected chi connectivity index (χ1v) is 8.14. The van der Waals surface area contributed by atoms with Crippen LogP contribution in [0.3, 0.4) is 0 Å². The van der Waals surface area contributed by atoms with Crippen molar-refractivity contribution in [3.63, 3.8) is 0 Å². The van der Waals surface area contributed by atoms with Gasteiger partial charge in [-0.1, -0.05) is 40.5 Å². The molecule has 0 aliphatic carbocycles. The van der Waals surface area contributed by atoms with Gasteiger partial charge < -0.3 is 5.32 Å². The molecule has 3 heteroatoms. The Morgan fingerprint density at radius 3 is 2.50 bits per heavy atom. The molecule has 0 aliphatic heterocycles. The molecule has 1 aromatic heterocycles. The molecule has 1 heterocycles. The summed E-state index contributed by atoms with van der Waals surface area (Å²) in [5.41, 5.74) is 3.52. The number of nitrogens with zero attached hydrogens (tertiary/aromatic N) is 2. The van der Waals surface area contributed by atoms with Crippen LogP contribution >= 0.6 is 0 Å². The van der Waals surface area contributed by atoms with Crippen molar-refractivity contribution in [2.24, 2.45) is 5.92 Å². The lowest BCUT2D eigenvalue weighted by molar-refractivity contribution is 0.443. The fraction of sp³-hybridized carbons (Fsp3) is 0.765. The lowest BCUT2D eigenvalue weighted by atomic mass is 9.96. The molecule has 3 nitrogen and oxygen atoms in total. The van der Waals surface area contributed by atoms with E-state index in [0.717, 1.165) is 30.3 Å². The van der Waals surface area contributed by atoms with Crippen molar-refractivity contribution < 1.29 is 0 Å². The molecule has 1 N–H and O–H groups in total. The number of rotatable bonds is 9. The average Bonchev–Trinajstić information content (AvgIpc) is 2.42. The van der Waals surface area contributed by atoms with Gasteiger partial charge in [0.1, 0.15) is 0 Å². The molecule has 0 aromatic carbocycles. The molecular weight excluding hydrogens is 246 g/mol. The van der Waals surface area contributed by atoms with E-state index in [0.29, 0.717) is 6.04 Å².